The summed E-state index contributed by atoms with van der Waals surface area (Å²) in [7, 11) is 0. The van der Waals surface area contributed by atoms with Gasteiger partial charge in [-0.05, 0) is 83.5 Å². The molecule has 0 amide bonds. The van der Waals surface area contributed by atoms with Crippen molar-refractivity contribution < 1.29 is 28.6 Å². The number of allylic oxidation sites excluding steroid dienone is 10. The van der Waals surface area contributed by atoms with Gasteiger partial charge in [-0.3, -0.25) is 14.4 Å². The zero-order valence-corrected chi connectivity index (χ0v) is 52.2. The minimum absolute atomic E-state index is 0.0847. The largest absolute Gasteiger partial charge is 0.462 e. The molecule has 0 fully saturated rings. The standard InChI is InChI=1S/C72H130O6/c1-4-7-10-13-16-19-22-25-28-30-32-33-34-35-36-37-38-40-41-44-47-50-53-56-59-62-65-71(74)77-68-69(67-76-70(73)64-61-58-55-52-49-46-43-27-24-21-18-15-12-9-6-3)78-72(75)66-63-60-57-54-51-48-45-42-39-31-29-26-23-20-17-14-11-8-5-2/h9,12,18,21,26-27,29,43,49,52,69H,4-8,10-11,13-17,19-20,22-25,28,30-42,44-48,50-51,53-68H2,1-3H3/b12-9-,21-18-,29-26-,43-27-,52-49-. The summed E-state index contributed by atoms with van der Waals surface area (Å²) in [4.78, 5) is 38.4. The molecule has 0 radical (unpaired) electrons. The fraction of sp³-hybridized carbons (Fsp3) is 0.819. The first kappa shape index (κ1) is 75.1. The van der Waals surface area contributed by atoms with E-state index in [9.17, 15) is 14.4 Å². The van der Waals surface area contributed by atoms with E-state index in [4.69, 9.17) is 14.2 Å². The van der Waals surface area contributed by atoms with Gasteiger partial charge in [0.05, 0.1) is 0 Å². The Kier molecular flexibility index (Phi) is 64.2. The third-order valence-electron chi connectivity index (χ3n) is 15.3. The van der Waals surface area contributed by atoms with Crippen LogP contribution in [0.3, 0.4) is 0 Å². The van der Waals surface area contributed by atoms with E-state index in [1.54, 1.807) is 0 Å². The van der Waals surface area contributed by atoms with Crippen LogP contribution in [0.25, 0.3) is 0 Å². The van der Waals surface area contributed by atoms with Gasteiger partial charge in [-0.1, -0.05) is 319 Å². The zero-order chi connectivity index (χ0) is 56.4. The molecule has 0 aliphatic heterocycles. The molecule has 1 unspecified atom stereocenters. The van der Waals surface area contributed by atoms with Gasteiger partial charge >= 0.3 is 17.9 Å². The average molecular weight is 1090 g/mol. The number of hydrogen-bond donors (Lipinski definition) is 0. The van der Waals surface area contributed by atoms with Gasteiger partial charge in [0.1, 0.15) is 13.2 Å². The van der Waals surface area contributed by atoms with Crippen molar-refractivity contribution in [2.24, 2.45) is 0 Å². The molecule has 0 saturated heterocycles. The second kappa shape index (κ2) is 66.6. The van der Waals surface area contributed by atoms with Crippen LogP contribution in [0.1, 0.15) is 361 Å². The van der Waals surface area contributed by atoms with E-state index in [1.165, 1.54) is 238 Å². The molecule has 0 rings (SSSR count). The van der Waals surface area contributed by atoms with Crippen molar-refractivity contribution in [3.63, 3.8) is 0 Å². The molecule has 454 valence electrons. The first-order chi connectivity index (χ1) is 38.5. The molecule has 0 aromatic rings. The first-order valence-corrected chi connectivity index (χ1v) is 34.3. The van der Waals surface area contributed by atoms with Crippen LogP contribution >= 0.6 is 0 Å². The molecule has 0 aromatic carbocycles. The second-order valence-electron chi connectivity index (χ2n) is 23.1. The maximum absolute atomic E-state index is 12.9. The molecule has 1 atom stereocenters. The van der Waals surface area contributed by atoms with Gasteiger partial charge in [-0.2, -0.15) is 0 Å². The van der Waals surface area contributed by atoms with Gasteiger partial charge < -0.3 is 14.2 Å². The Bertz CT molecular complexity index is 1390. The summed E-state index contributed by atoms with van der Waals surface area (Å²) < 4.78 is 16.9. The molecule has 0 aliphatic carbocycles. The van der Waals surface area contributed by atoms with E-state index in [0.717, 1.165) is 83.5 Å². The van der Waals surface area contributed by atoms with Crippen LogP contribution in [0.15, 0.2) is 60.8 Å². The smallest absolute Gasteiger partial charge is 0.306 e. The molecule has 0 bridgehead atoms. The molecule has 0 aromatic heterocycles. The van der Waals surface area contributed by atoms with Crippen molar-refractivity contribution in [1.82, 2.24) is 0 Å². The van der Waals surface area contributed by atoms with E-state index >= 15 is 0 Å². The fourth-order valence-corrected chi connectivity index (χ4v) is 10.1. The average Bonchev–Trinajstić information content (AvgIpc) is 3.44. The summed E-state index contributed by atoms with van der Waals surface area (Å²) in [5.74, 6) is -0.909. The Morgan fingerprint density at radius 2 is 0.500 bits per heavy atom. The first-order valence-electron chi connectivity index (χ1n) is 34.3. The molecule has 0 heterocycles. The maximum atomic E-state index is 12.9. The fourth-order valence-electron chi connectivity index (χ4n) is 10.1. The van der Waals surface area contributed by atoms with Gasteiger partial charge in [0.15, 0.2) is 6.10 Å². The van der Waals surface area contributed by atoms with Crippen LogP contribution in [0.2, 0.25) is 0 Å². The van der Waals surface area contributed by atoms with Crippen molar-refractivity contribution in [2.45, 2.75) is 367 Å². The molecule has 6 nitrogen and oxygen atoms in total. The van der Waals surface area contributed by atoms with Crippen LogP contribution in [-0.2, 0) is 28.6 Å². The van der Waals surface area contributed by atoms with Crippen LogP contribution in [0.5, 0.6) is 0 Å². The lowest BCUT2D eigenvalue weighted by Crippen LogP contribution is -2.30. The highest BCUT2D eigenvalue weighted by atomic mass is 16.6. The topological polar surface area (TPSA) is 78.9 Å². The van der Waals surface area contributed by atoms with Gasteiger partial charge in [0.2, 0.25) is 0 Å². The predicted octanol–water partition coefficient (Wildman–Crippen LogP) is 23.5. The number of rotatable bonds is 63. The number of hydrogen-bond acceptors (Lipinski definition) is 6. The summed E-state index contributed by atoms with van der Waals surface area (Å²) in [6.07, 6.45) is 85.4. The minimum atomic E-state index is -0.792. The number of unbranched alkanes of at least 4 members (excludes halogenated alkanes) is 42. The SMILES string of the molecule is CC/C=C\C/C=C\C/C=C\C/C=C\CCCCC(=O)OCC(COC(=O)CCCCCCCCCCCCCCCCCCCCCCCCCCCC)OC(=O)CCCCCCCCCCC/C=C\CCCCCCCC. The lowest BCUT2D eigenvalue weighted by molar-refractivity contribution is -0.167. The van der Waals surface area contributed by atoms with Gasteiger partial charge in [0.25, 0.3) is 0 Å². The molecule has 6 heteroatoms. The molecule has 0 N–H and O–H groups in total. The lowest BCUT2D eigenvalue weighted by atomic mass is 10.0. The molecule has 0 saturated carbocycles. The quantitative estimate of drug-likeness (QED) is 0.0261. The van der Waals surface area contributed by atoms with Crippen molar-refractivity contribution in [2.75, 3.05) is 13.2 Å². The maximum Gasteiger partial charge on any atom is 0.306 e. The van der Waals surface area contributed by atoms with E-state index in [2.05, 4.69) is 81.5 Å². The third kappa shape index (κ3) is 63.9. The normalized spacial score (nSPS) is 12.4. The third-order valence-corrected chi connectivity index (χ3v) is 15.3. The highest BCUT2D eigenvalue weighted by molar-refractivity contribution is 5.71. The van der Waals surface area contributed by atoms with E-state index in [0.29, 0.717) is 19.3 Å². The van der Waals surface area contributed by atoms with E-state index in [1.807, 2.05) is 0 Å². The summed E-state index contributed by atoms with van der Waals surface area (Å²) in [6.45, 7) is 6.54. The molecule has 0 spiro atoms. The summed E-state index contributed by atoms with van der Waals surface area (Å²) in [5, 5.41) is 0. The van der Waals surface area contributed by atoms with Gasteiger partial charge in [-0.15, -0.1) is 0 Å². The van der Waals surface area contributed by atoms with E-state index in [-0.39, 0.29) is 31.1 Å². The van der Waals surface area contributed by atoms with Crippen molar-refractivity contribution in [3.05, 3.63) is 60.8 Å². The Morgan fingerprint density at radius 3 is 0.821 bits per heavy atom. The van der Waals surface area contributed by atoms with Crippen LogP contribution < -0.4 is 0 Å². The zero-order valence-electron chi connectivity index (χ0n) is 52.2. The van der Waals surface area contributed by atoms with Gasteiger partial charge in [-0.25, -0.2) is 0 Å². The Morgan fingerprint density at radius 1 is 0.269 bits per heavy atom. The number of esters is 3. The molecule has 78 heavy (non-hydrogen) atoms. The van der Waals surface area contributed by atoms with Crippen molar-refractivity contribution in [3.8, 4) is 0 Å². The summed E-state index contributed by atoms with van der Waals surface area (Å²) in [5.41, 5.74) is 0. The second-order valence-corrected chi connectivity index (χ2v) is 23.1. The highest BCUT2D eigenvalue weighted by Gasteiger charge is 2.19. The summed E-state index contributed by atoms with van der Waals surface area (Å²) >= 11 is 0. The molecular formula is C72H130O6. The lowest BCUT2D eigenvalue weighted by Gasteiger charge is -2.18. The number of carbonyl (C=O) groups excluding carboxylic acids is 3. The molecule has 0 aliphatic rings. The van der Waals surface area contributed by atoms with Crippen molar-refractivity contribution in [1.29, 1.82) is 0 Å². The highest BCUT2D eigenvalue weighted by Crippen LogP contribution is 2.18. The summed E-state index contributed by atoms with van der Waals surface area (Å²) in [6, 6.07) is 0. The monoisotopic (exact) mass is 1090 g/mol. The Hall–Kier alpha value is -2.89. The van der Waals surface area contributed by atoms with Crippen molar-refractivity contribution >= 4 is 17.9 Å². The Labute approximate surface area is 485 Å². The van der Waals surface area contributed by atoms with E-state index < -0.39 is 6.10 Å². The minimum Gasteiger partial charge on any atom is -0.462 e. The number of carbonyl (C=O) groups is 3. The van der Waals surface area contributed by atoms with Crippen LogP contribution in [-0.4, -0.2) is 37.2 Å². The predicted molar refractivity (Wildman–Crippen MR) is 339 cm³/mol. The molecular weight excluding hydrogens is 961 g/mol. The Balaban J connectivity index is 4.29. The number of ether oxygens (including phenoxy) is 3. The van der Waals surface area contributed by atoms with Crippen LogP contribution in [0, 0.1) is 0 Å². The van der Waals surface area contributed by atoms with Crippen LogP contribution in [0.4, 0.5) is 0 Å². The van der Waals surface area contributed by atoms with Gasteiger partial charge in [0, 0.05) is 19.3 Å².